The Hall–Kier alpha value is -1.12. The number of Topliss-reactive ketones (excluding diaryl/α,β-unsaturated/α-hetero) is 1. The quantitative estimate of drug-likeness (QED) is 0.588. The van der Waals surface area contributed by atoms with Crippen LogP contribution in [-0.2, 0) is 14.3 Å². The second kappa shape index (κ2) is 4.69. The largest absolute Gasteiger partial charge is 0.461 e. The predicted molar refractivity (Wildman–Crippen MR) is 80.6 cm³/mol. The summed E-state index contributed by atoms with van der Waals surface area (Å²) in [5.74, 6) is 0.390. The van der Waals surface area contributed by atoms with Gasteiger partial charge < -0.3 is 4.74 Å². The van der Waals surface area contributed by atoms with Crippen molar-refractivity contribution >= 4 is 11.8 Å². The molecule has 5 atom stereocenters. The normalized spacial score (nSPS) is 45.2. The minimum atomic E-state index is -0.307. The SMILES string of the molecule is C=C(C)CC[C@H]1OC(=O)[C@H]2C3CCC[C@@]3(C)C(=O)CC12C. The summed E-state index contributed by atoms with van der Waals surface area (Å²) in [5.41, 5.74) is 0.510. The lowest BCUT2D eigenvalue weighted by Crippen LogP contribution is -2.52. The van der Waals surface area contributed by atoms with E-state index in [0.717, 1.165) is 37.7 Å². The lowest BCUT2D eigenvalue weighted by Gasteiger charge is -2.46. The Morgan fingerprint density at radius 2 is 2.10 bits per heavy atom. The molecule has 0 N–H and O–H groups in total. The minimum absolute atomic E-state index is 0.0603. The third kappa shape index (κ3) is 2.00. The van der Waals surface area contributed by atoms with Gasteiger partial charge in [-0.15, -0.1) is 6.58 Å². The molecule has 3 rings (SSSR count). The van der Waals surface area contributed by atoms with E-state index in [4.69, 9.17) is 4.74 Å². The molecule has 1 aliphatic heterocycles. The number of hydrogen-bond donors (Lipinski definition) is 0. The van der Waals surface area contributed by atoms with Crippen molar-refractivity contribution in [2.24, 2.45) is 22.7 Å². The fraction of sp³-hybridized carbons (Fsp3) is 0.778. The molecule has 0 radical (unpaired) electrons. The van der Waals surface area contributed by atoms with Crippen LogP contribution in [-0.4, -0.2) is 17.9 Å². The lowest BCUT2D eigenvalue weighted by molar-refractivity contribution is -0.149. The maximum atomic E-state index is 12.8. The Labute approximate surface area is 127 Å². The Balaban J connectivity index is 1.92. The lowest BCUT2D eigenvalue weighted by atomic mass is 9.53. The molecule has 2 unspecified atom stereocenters. The van der Waals surface area contributed by atoms with Crippen molar-refractivity contribution in [2.75, 3.05) is 0 Å². The van der Waals surface area contributed by atoms with Gasteiger partial charge in [0.15, 0.2) is 0 Å². The fourth-order valence-corrected chi connectivity index (χ4v) is 5.05. The van der Waals surface area contributed by atoms with E-state index in [2.05, 4.69) is 20.4 Å². The van der Waals surface area contributed by atoms with Gasteiger partial charge in [-0.05, 0) is 38.5 Å². The summed E-state index contributed by atoms with van der Waals surface area (Å²) in [7, 11) is 0. The number of hydrogen-bond acceptors (Lipinski definition) is 3. The summed E-state index contributed by atoms with van der Waals surface area (Å²) in [5, 5.41) is 0. The zero-order valence-electron chi connectivity index (χ0n) is 13.4. The minimum Gasteiger partial charge on any atom is -0.461 e. The third-order valence-corrected chi connectivity index (χ3v) is 6.40. The molecule has 2 aliphatic carbocycles. The van der Waals surface area contributed by atoms with Gasteiger partial charge in [-0.2, -0.15) is 0 Å². The first-order valence-corrected chi connectivity index (χ1v) is 8.17. The van der Waals surface area contributed by atoms with E-state index in [9.17, 15) is 9.59 Å². The van der Waals surface area contributed by atoms with E-state index in [-0.39, 0.29) is 34.7 Å². The Morgan fingerprint density at radius 1 is 1.38 bits per heavy atom. The highest BCUT2D eigenvalue weighted by molar-refractivity contribution is 5.91. The van der Waals surface area contributed by atoms with Crippen LogP contribution >= 0.6 is 0 Å². The van der Waals surface area contributed by atoms with Crippen LogP contribution in [0.5, 0.6) is 0 Å². The van der Waals surface area contributed by atoms with E-state index < -0.39 is 0 Å². The summed E-state index contributed by atoms with van der Waals surface area (Å²) in [4.78, 5) is 25.3. The van der Waals surface area contributed by atoms with Crippen molar-refractivity contribution in [2.45, 2.75) is 65.4 Å². The monoisotopic (exact) mass is 290 g/mol. The Morgan fingerprint density at radius 3 is 2.76 bits per heavy atom. The zero-order valence-corrected chi connectivity index (χ0v) is 13.4. The number of carbonyl (C=O) groups excluding carboxylic acids is 2. The highest BCUT2D eigenvalue weighted by atomic mass is 16.6. The molecule has 0 aromatic rings. The van der Waals surface area contributed by atoms with Crippen molar-refractivity contribution in [1.29, 1.82) is 0 Å². The van der Waals surface area contributed by atoms with E-state index in [0.29, 0.717) is 12.2 Å². The van der Waals surface area contributed by atoms with Gasteiger partial charge in [0.25, 0.3) is 0 Å². The molecule has 2 saturated carbocycles. The molecule has 0 amide bonds. The standard InChI is InChI=1S/C18H26O3/c1-11(2)7-8-14-18(4)10-13(19)17(3)9-5-6-12(17)15(18)16(20)21-14/h12,14-15H,1,5-10H2,2-4H3/t12?,14-,15-,17-,18?/m1/s1. The predicted octanol–water partition coefficient (Wildman–Crippen LogP) is 3.67. The molecule has 3 fully saturated rings. The first-order chi connectivity index (χ1) is 9.79. The molecule has 3 heteroatoms. The third-order valence-electron chi connectivity index (χ3n) is 6.40. The topological polar surface area (TPSA) is 43.4 Å². The van der Waals surface area contributed by atoms with Crippen LogP contribution in [0.3, 0.4) is 0 Å². The average molecular weight is 290 g/mol. The molecule has 0 spiro atoms. The van der Waals surface area contributed by atoms with Crippen molar-refractivity contribution in [1.82, 2.24) is 0 Å². The first kappa shape index (κ1) is 14.8. The Bertz CT molecular complexity index is 509. The van der Waals surface area contributed by atoms with Crippen molar-refractivity contribution in [3.05, 3.63) is 12.2 Å². The molecule has 0 aromatic carbocycles. The molecule has 1 heterocycles. The van der Waals surface area contributed by atoms with Crippen molar-refractivity contribution in [3.8, 4) is 0 Å². The van der Waals surface area contributed by atoms with Crippen molar-refractivity contribution in [3.63, 3.8) is 0 Å². The van der Waals surface area contributed by atoms with Crippen LogP contribution < -0.4 is 0 Å². The number of carbonyl (C=O) groups is 2. The van der Waals surface area contributed by atoms with Crippen LogP contribution in [0.1, 0.15) is 59.3 Å². The molecule has 116 valence electrons. The van der Waals surface area contributed by atoms with Gasteiger partial charge in [0, 0.05) is 17.3 Å². The molecule has 3 nitrogen and oxygen atoms in total. The fourth-order valence-electron chi connectivity index (χ4n) is 5.05. The van der Waals surface area contributed by atoms with Crippen LogP contribution in [0.4, 0.5) is 0 Å². The molecular formula is C18H26O3. The van der Waals surface area contributed by atoms with E-state index in [1.165, 1.54) is 0 Å². The summed E-state index contributed by atoms with van der Waals surface area (Å²) in [6.07, 6.45) is 5.01. The molecule has 0 aromatic heterocycles. The zero-order chi connectivity index (χ0) is 15.4. The Kier molecular flexibility index (Phi) is 3.30. The van der Waals surface area contributed by atoms with Crippen LogP contribution in [0.2, 0.25) is 0 Å². The van der Waals surface area contributed by atoms with Gasteiger partial charge in [-0.3, -0.25) is 9.59 Å². The van der Waals surface area contributed by atoms with Crippen LogP contribution in [0.25, 0.3) is 0 Å². The maximum absolute atomic E-state index is 12.8. The van der Waals surface area contributed by atoms with Gasteiger partial charge in [-0.1, -0.05) is 25.8 Å². The summed E-state index contributed by atoms with van der Waals surface area (Å²) >= 11 is 0. The summed E-state index contributed by atoms with van der Waals surface area (Å²) < 4.78 is 5.73. The van der Waals surface area contributed by atoms with E-state index in [1.54, 1.807) is 0 Å². The van der Waals surface area contributed by atoms with E-state index >= 15 is 0 Å². The van der Waals surface area contributed by atoms with E-state index in [1.807, 2.05) is 6.92 Å². The summed E-state index contributed by atoms with van der Waals surface area (Å²) in [6, 6.07) is 0. The number of ketones is 1. The molecule has 1 saturated heterocycles. The number of allylic oxidation sites excluding steroid dienone is 1. The van der Waals surface area contributed by atoms with Crippen LogP contribution in [0, 0.1) is 22.7 Å². The van der Waals surface area contributed by atoms with Crippen molar-refractivity contribution < 1.29 is 14.3 Å². The maximum Gasteiger partial charge on any atom is 0.310 e. The molecule has 0 bridgehead atoms. The number of esters is 1. The highest BCUT2D eigenvalue weighted by Crippen LogP contribution is 2.62. The van der Waals surface area contributed by atoms with Crippen LogP contribution in [0.15, 0.2) is 12.2 Å². The average Bonchev–Trinajstić information content (AvgIpc) is 2.87. The molecular weight excluding hydrogens is 264 g/mol. The van der Waals surface area contributed by atoms with Gasteiger partial charge in [0.05, 0.1) is 5.92 Å². The van der Waals surface area contributed by atoms with Gasteiger partial charge in [0.2, 0.25) is 0 Å². The van der Waals surface area contributed by atoms with Gasteiger partial charge in [0.1, 0.15) is 11.9 Å². The summed E-state index contributed by atoms with van der Waals surface area (Å²) in [6.45, 7) is 10.1. The van der Waals surface area contributed by atoms with Gasteiger partial charge in [-0.25, -0.2) is 0 Å². The number of cyclic esters (lactones) is 1. The second-order valence-electron chi connectivity index (χ2n) is 7.92. The second-order valence-corrected chi connectivity index (χ2v) is 7.92. The molecule has 21 heavy (non-hydrogen) atoms. The first-order valence-electron chi connectivity index (χ1n) is 8.17. The smallest absolute Gasteiger partial charge is 0.310 e. The number of fused-ring (bicyclic) bond motifs is 3. The van der Waals surface area contributed by atoms with Gasteiger partial charge >= 0.3 is 5.97 Å². The number of ether oxygens (including phenoxy) is 1. The molecule has 3 aliphatic rings. The number of rotatable bonds is 3. The highest BCUT2D eigenvalue weighted by Gasteiger charge is 2.66.